The Labute approximate surface area is 219 Å². The zero-order valence-electron chi connectivity index (χ0n) is 20.8. The van der Waals surface area contributed by atoms with Gasteiger partial charge in [-0.25, -0.2) is 12.8 Å². The second-order valence-corrected chi connectivity index (χ2v) is 10.1. The fourth-order valence-corrected chi connectivity index (χ4v) is 5.14. The molecule has 0 saturated heterocycles. The number of nitrogens with zero attached hydrogens (tertiary/aromatic N) is 3. The molecule has 0 aliphatic rings. The number of nitro benzene ring substituents is 1. The number of halogens is 1. The molecule has 1 N–H and O–H groups in total. The lowest BCUT2D eigenvalue weighted by atomic mass is 10.1. The van der Waals surface area contributed by atoms with E-state index in [1.54, 1.807) is 19.1 Å². The van der Waals surface area contributed by atoms with E-state index in [0.717, 1.165) is 21.3 Å². The van der Waals surface area contributed by atoms with Gasteiger partial charge < -0.3 is 10.2 Å². The van der Waals surface area contributed by atoms with Crippen LogP contribution >= 0.6 is 0 Å². The number of non-ortho nitro benzene ring substituents is 1. The van der Waals surface area contributed by atoms with E-state index >= 15 is 0 Å². The lowest BCUT2D eigenvalue weighted by Crippen LogP contribution is -2.51. The summed E-state index contributed by atoms with van der Waals surface area (Å²) < 4.78 is 42.5. The molecule has 2 amide bonds. The van der Waals surface area contributed by atoms with Crippen molar-refractivity contribution in [1.82, 2.24) is 10.2 Å². The molecular weight excluding hydrogens is 515 g/mol. The van der Waals surface area contributed by atoms with Crippen molar-refractivity contribution in [3.63, 3.8) is 0 Å². The van der Waals surface area contributed by atoms with Crippen LogP contribution < -0.4 is 9.62 Å². The summed E-state index contributed by atoms with van der Waals surface area (Å²) in [6.07, 6.45) is 0. The summed E-state index contributed by atoms with van der Waals surface area (Å²) in [7, 11) is -4.31. The van der Waals surface area contributed by atoms with E-state index in [0.29, 0.717) is 6.54 Å². The fraction of sp³-hybridized carbons (Fsp3) is 0.231. The number of likely N-dealkylation sites (N-methyl/N-ethyl adjacent to an activating group) is 1. The maximum absolute atomic E-state index is 14.5. The van der Waals surface area contributed by atoms with E-state index in [4.69, 9.17) is 0 Å². The van der Waals surface area contributed by atoms with Gasteiger partial charge in [0.25, 0.3) is 15.7 Å². The summed E-state index contributed by atoms with van der Waals surface area (Å²) in [4.78, 5) is 37.8. The summed E-state index contributed by atoms with van der Waals surface area (Å²) in [6, 6.07) is 16.8. The van der Waals surface area contributed by atoms with Crippen molar-refractivity contribution >= 4 is 33.2 Å². The van der Waals surface area contributed by atoms with Crippen molar-refractivity contribution in [3.05, 3.63) is 100 Å². The molecule has 3 aromatic rings. The minimum Gasteiger partial charge on any atom is -0.355 e. The highest BCUT2D eigenvalue weighted by atomic mass is 32.2. The van der Waals surface area contributed by atoms with Crippen molar-refractivity contribution < 1.29 is 27.3 Å². The van der Waals surface area contributed by atoms with Gasteiger partial charge in [0, 0.05) is 30.8 Å². The van der Waals surface area contributed by atoms with Crippen molar-refractivity contribution in [2.75, 3.05) is 17.4 Å². The van der Waals surface area contributed by atoms with Gasteiger partial charge in [0.1, 0.15) is 18.4 Å². The van der Waals surface area contributed by atoms with Crippen LogP contribution in [-0.4, -0.2) is 49.2 Å². The summed E-state index contributed by atoms with van der Waals surface area (Å²) in [5, 5.41) is 13.7. The Balaban J connectivity index is 2.05. The van der Waals surface area contributed by atoms with Gasteiger partial charge in [0.15, 0.2) is 0 Å². The maximum atomic E-state index is 14.5. The molecule has 0 radical (unpaired) electrons. The quantitative estimate of drug-likeness (QED) is 0.292. The van der Waals surface area contributed by atoms with Gasteiger partial charge in [-0.15, -0.1) is 0 Å². The van der Waals surface area contributed by atoms with Crippen molar-refractivity contribution in [2.45, 2.75) is 31.3 Å². The molecule has 0 saturated carbocycles. The van der Waals surface area contributed by atoms with E-state index in [-0.39, 0.29) is 28.4 Å². The zero-order valence-corrected chi connectivity index (χ0v) is 21.6. The largest absolute Gasteiger partial charge is 0.355 e. The van der Waals surface area contributed by atoms with Crippen LogP contribution in [0.25, 0.3) is 0 Å². The molecule has 12 heteroatoms. The fourth-order valence-electron chi connectivity index (χ4n) is 3.70. The Morgan fingerprint density at radius 2 is 1.61 bits per heavy atom. The summed E-state index contributed by atoms with van der Waals surface area (Å²) in [6.45, 7) is 2.43. The Kier molecular flexibility index (Phi) is 9.13. The van der Waals surface area contributed by atoms with Crippen LogP contribution in [-0.2, 0) is 26.2 Å². The minimum atomic E-state index is -4.31. The molecule has 38 heavy (non-hydrogen) atoms. The molecule has 0 heterocycles. The van der Waals surface area contributed by atoms with Crippen molar-refractivity contribution in [2.24, 2.45) is 0 Å². The molecule has 0 fully saturated rings. The predicted octanol–water partition coefficient (Wildman–Crippen LogP) is 3.48. The number of anilines is 1. The van der Waals surface area contributed by atoms with Gasteiger partial charge in [-0.1, -0.05) is 36.4 Å². The Morgan fingerprint density at radius 3 is 2.18 bits per heavy atom. The first-order valence-corrected chi connectivity index (χ1v) is 13.1. The van der Waals surface area contributed by atoms with Gasteiger partial charge >= 0.3 is 0 Å². The number of rotatable bonds is 11. The number of nitrogens with one attached hydrogen (secondary N) is 1. The normalized spacial score (nSPS) is 11.9. The second-order valence-electron chi connectivity index (χ2n) is 8.28. The van der Waals surface area contributed by atoms with E-state index < -0.39 is 45.2 Å². The van der Waals surface area contributed by atoms with Gasteiger partial charge in [0.2, 0.25) is 11.8 Å². The van der Waals surface area contributed by atoms with E-state index in [1.165, 1.54) is 61.5 Å². The number of sulfonamides is 1. The summed E-state index contributed by atoms with van der Waals surface area (Å²) >= 11 is 0. The monoisotopic (exact) mass is 542 g/mol. The third-order valence-corrected chi connectivity index (χ3v) is 7.56. The van der Waals surface area contributed by atoms with Gasteiger partial charge in [-0.05, 0) is 44.2 Å². The van der Waals surface area contributed by atoms with Crippen LogP contribution in [0.15, 0.2) is 83.8 Å². The molecule has 200 valence electrons. The Bertz CT molecular complexity index is 1400. The summed E-state index contributed by atoms with van der Waals surface area (Å²) in [5.74, 6) is -1.85. The minimum absolute atomic E-state index is 0.00399. The molecular formula is C26H27FN4O6S. The lowest BCUT2D eigenvalue weighted by molar-refractivity contribution is -0.384. The average Bonchev–Trinajstić information content (AvgIpc) is 2.91. The standard InChI is InChI=1S/C26H27FN4O6S/c1-3-28-26(33)19(2)29(17-20-9-7-8-12-24(20)27)25(32)18-30(21-13-15-22(16-14-21)31(34)35)38(36,37)23-10-5-4-6-11-23/h4-16,19H,3,17-18H2,1-2H3,(H,28,33)/t19-/m1/s1. The Morgan fingerprint density at radius 1 is 1.00 bits per heavy atom. The highest BCUT2D eigenvalue weighted by Crippen LogP contribution is 2.26. The SMILES string of the molecule is CCNC(=O)[C@@H](C)N(Cc1ccccc1F)C(=O)CN(c1ccc([N+](=O)[O-])cc1)S(=O)(=O)c1ccccc1. The highest BCUT2D eigenvalue weighted by molar-refractivity contribution is 7.92. The number of amides is 2. The lowest BCUT2D eigenvalue weighted by Gasteiger charge is -2.32. The first-order valence-electron chi connectivity index (χ1n) is 11.7. The number of benzene rings is 3. The van der Waals surface area contributed by atoms with E-state index in [1.807, 2.05) is 0 Å². The molecule has 0 bridgehead atoms. The molecule has 0 spiro atoms. The summed E-state index contributed by atoms with van der Waals surface area (Å²) in [5.41, 5.74) is -0.114. The molecule has 0 aliphatic heterocycles. The maximum Gasteiger partial charge on any atom is 0.269 e. The van der Waals surface area contributed by atoms with E-state index in [9.17, 15) is 32.5 Å². The van der Waals surface area contributed by atoms with Gasteiger partial charge in [-0.2, -0.15) is 0 Å². The van der Waals surface area contributed by atoms with Crippen molar-refractivity contribution in [1.29, 1.82) is 0 Å². The number of carbonyl (C=O) groups is 2. The third-order valence-electron chi connectivity index (χ3n) is 5.78. The van der Waals surface area contributed by atoms with E-state index in [2.05, 4.69) is 5.32 Å². The van der Waals surface area contributed by atoms with Crippen molar-refractivity contribution in [3.8, 4) is 0 Å². The number of hydrogen-bond donors (Lipinski definition) is 1. The predicted molar refractivity (Wildman–Crippen MR) is 139 cm³/mol. The Hall–Kier alpha value is -4.32. The molecule has 3 rings (SSSR count). The average molecular weight is 543 g/mol. The third kappa shape index (κ3) is 6.51. The molecule has 10 nitrogen and oxygen atoms in total. The van der Waals surface area contributed by atoms with Crippen LogP contribution in [0.3, 0.4) is 0 Å². The highest BCUT2D eigenvalue weighted by Gasteiger charge is 2.32. The first-order chi connectivity index (χ1) is 18.1. The van der Waals surface area contributed by atoms with Crippen LogP contribution in [0, 0.1) is 15.9 Å². The molecule has 0 aromatic heterocycles. The number of nitro groups is 1. The van der Waals surface area contributed by atoms with Crippen LogP contribution in [0.2, 0.25) is 0 Å². The van der Waals surface area contributed by atoms with Gasteiger partial charge in [-0.3, -0.25) is 24.0 Å². The zero-order chi connectivity index (χ0) is 27.9. The number of carbonyl (C=O) groups excluding carboxylic acids is 2. The first kappa shape index (κ1) is 28.3. The number of hydrogen-bond acceptors (Lipinski definition) is 6. The molecule has 0 unspecified atom stereocenters. The van der Waals surface area contributed by atoms with Gasteiger partial charge in [0.05, 0.1) is 15.5 Å². The molecule has 1 atom stereocenters. The van der Waals surface area contributed by atoms with Crippen LogP contribution in [0.1, 0.15) is 19.4 Å². The molecule has 3 aromatic carbocycles. The molecule has 0 aliphatic carbocycles. The second kappa shape index (κ2) is 12.3. The van der Waals surface area contributed by atoms with Crippen LogP contribution in [0.4, 0.5) is 15.8 Å². The van der Waals surface area contributed by atoms with Crippen LogP contribution in [0.5, 0.6) is 0 Å². The smallest absolute Gasteiger partial charge is 0.269 e. The topological polar surface area (TPSA) is 130 Å².